The Morgan fingerprint density at radius 2 is 1.69 bits per heavy atom. The van der Waals surface area contributed by atoms with Gasteiger partial charge in [-0.3, -0.25) is 9.59 Å². The van der Waals surface area contributed by atoms with Gasteiger partial charge in [-0.2, -0.15) is 5.10 Å². The summed E-state index contributed by atoms with van der Waals surface area (Å²) in [6, 6.07) is 14.7. The van der Waals surface area contributed by atoms with Crippen molar-refractivity contribution in [3.05, 3.63) is 82.1 Å². The Labute approximate surface area is 211 Å². The van der Waals surface area contributed by atoms with Crippen LogP contribution in [0.2, 0.25) is 5.02 Å². The summed E-state index contributed by atoms with van der Waals surface area (Å²) in [7, 11) is 0. The van der Waals surface area contributed by atoms with E-state index in [1.807, 2.05) is 69.0 Å². The molecule has 35 heavy (non-hydrogen) atoms. The molecule has 1 fully saturated rings. The van der Waals surface area contributed by atoms with E-state index < -0.39 is 0 Å². The zero-order valence-corrected chi connectivity index (χ0v) is 21.2. The molecule has 1 saturated heterocycles. The summed E-state index contributed by atoms with van der Waals surface area (Å²) in [5.74, 6) is -0.103. The van der Waals surface area contributed by atoms with Gasteiger partial charge in [0.15, 0.2) is 0 Å². The number of carbonyl (C=O) groups is 2. The lowest BCUT2D eigenvalue weighted by atomic mass is 10.0. The van der Waals surface area contributed by atoms with Crippen molar-refractivity contribution in [3.63, 3.8) is 0 Å². The number of hydrogen-bond donors (Lipinski definition) is 1. The predicted molar refractivity (Wildman–Crippen MR) is 136 cm³/mol. The molecule has 2 amide bonds. The van der Waals surface area contributed by atoms with E-state index in [1.54, 1.807) is 23.0 Å². The number of aromatic nitrogens is 2. The van der Waals surface area contributed by atoms with Crippen molar-refractivity contribution < 1.29 is 14.3 Å². The van der Waals surface area contributed by atoms with Gasteiger partial charge >= 0.3 is 0 Å². The quantitative estimate of drug-likeness (QED) is 0.532. The second-order valence-electron chi connectivity index (χ2n) is 9.33. The van der Waals surface area contributed by atoms with Gasteiger partial charge in [-0.1, -0.05) is 37.6 Å². The largest absolute Gasteiger partial charge is 0.372 e. The monoisotopic (exact) mass is 494 g/mol. The van der Waals surface area contributed by atoms with E-state index in [0.29, 0.717) is 35.8 Å². The van der Waals surface area contributed by atoms with Crippen LogP contribution in [0.15, 0.2) is 54.7 Å². The van der Waals surface area contributed by atoms with Crippen LogP contribution in [0.5, 0.6) is 0 Å². The molecule has 8 heteroatoms. The summed E-state index contributed by atoms with van der Waals surface area (Å²) in [5, 5.41) is 8.09. The smallest absolute Gasteiger partial charge is 0.255 e. The normalized spacial score (nSPS) is 18.1. The van der Waals surface area contributed by atoms with Crippen LogP contribution in [-0.4, -0.2) is 51.8 Å². The standard InChI is InChI=1S/C27H31ClN4O3/c1-17(2)25-24(14-30-32(25)23-11-9-22(28)10-12-23)26(33)29-13-20-5-7-21(8-6-20)27(34)31-15-18(3)35-19(4)16-31/h5-12,14,17-19H,13,15-16H2,1-4H3,(H,29,33). The van der Waals surface area contributed by atoms with Crippen molar-refractivity contribution >= 4 is 23.4 Å². The van der Waals surface area contributed by atoms with Crippen molar-refractivity contribution in [1.82, 2.24) is 20.0 Å². The van der Waals surface area contributed by atoms with Gasteiger partial charge in [-0.05, 0) is 61.7 Å². The number of halogens is 1. The molecular weight excluding hydrogens is 464 g/mol. The molecule has 0 spiro atoms. The molecule has 4 rings (SSSR count). The molecule has 0 aliphatic carbocycles. The Morgan fingerprint density at radius 1 is 1.06 bits per heavy atom. The zero-order chi connectivity index (χ0) is 25.1. The minimum absolute atomic E-state index is 0.00113. The molecule has 2 unspecified atom stereocenters. The molecule has 2 atom stereocenters. The first-order valence-corrected chi connectivity index (χ1v) is 12.3. The summed E-state index contributed by atoms with van der Waals surface area (Å²) in [6.07, 6.45) is 1.65. The molecule has 2 aromatic carbocycles. The van der Waals surface area contributed by atoms with Crippen LogP contribution >= 0.6 is 11.6 Å². The van der Waals surface area contributed by atoms with Gasteiger partial charge in [0, 0.05) is 30.2 Å². The topological polar surface area (TPSA) is 76.5 Å². The minimum atomic E-state index is -0.189. The van der Waals surface area contributed by atoms with Crippen molar-refractivity contribution in [2.24, 2.45) is 0 Å². The third-order valence-corrected chi connectivity index (χ3v) is 6.28. The summed E-state index contributed by atoms with van der Waals surface area (Å²) < 4.78 is 7.50. The van der Waals surface area contributed by atoms with Crippen LogP contribution in [0.1, 0.15) is 65.6 Å². The fourth-order valence-corrected chi connectivity index (χ4v) is 4.57. The van der Waals surface area contributed by atoms with Gasteiger partial charge in [0.05, 0.1) is 35.3 Å². The fraction of sp³-hybridized carbons (Fsp3) is 0.370. The number of benzene rings is 2. The van der Waals surface area contributed by atoms with Crippen LogP contribution in [-0.2, 0) is 11.3 Å². The van der Waals surface area contributed by atoms with Gasteiger partial charge in [-0.25, -0.2) is 4.68 Å². The highest BCUT2D eigenvalue weighted by atomic mass is 35.5. The van der Waals surface area contributed by atoms with E-state index in [2.05, 4.69) is 10.4 Å². The van der Waals surface area contributed by atoms with Crippen molar-refractivity contribution in [1.29, 1.82) is 0 Å². The van der Waals surface area contributed by atoms with E-state index in [0.717, 1.165) is 16.9 Å². The number of carbonyl (C=O) groups excluding carboxylic acids is 2. The van der Waals surface area contributed by atoms with E-state index in [-0.39, 0.29) is 29.9 Å². The molecule has 0 bridgehead atoms. The first-order chi connectivity index (χ1) is 16.7. The van der Waals surface area contributed by atoms with E-state index in [4.69, 9.17) is 16.3 Å². The highest BCUT2D eigenvalue weighted by molar-refractivity contribution is 6.30. The number of ether oxygens (including phenoxy) is 1. The third kappa shape index (κ3) is 5.74. The van der Waals surface area contributed by atoms with Crippen LogP contribution < -0.4 is 5.32 Å². The number of hydrogen-bond acceptors (Lipinski definition) is 4. The number of amides is 2. The van der Waals surface area contributed by atoms with Gasteiger partial charge in [-0.15, -0.1) is 0 Å². The maximum atomic E-state index is 13.0. The Bertz CT molecular complexity index is 1180. The molecule has 184 valence electrons. The number of nitrogens with zero attached hydrogens (tertiary/aromatic N) is 3. The van der Waals surface area contributed by atoms with Crippen LogP contribution in [0.25, 0.3) is 5.69 Å². The molecule has 7 nitrogen and oxygen atoms in total. The second kappa shape index (κ2) is 10.6. The molecule has 0 radical (unpaired) electrons. The summed E-state index contributed by atoms with van der Waals surface area (Å²) in [5.41, 5.74) is 3.76. The zero-order valence-electron chi connectivity index (χ0n) is 20.5. The number of rotatable bonds is 6. The van der Waals surface area contributed by atoms with Crippen LogP contribution in [0, 0.1) is 0 Å². The van der Waals surface area contributed by atoms with Crippen molar-refractivity contribution in [2.75, 3.05) is 13.1 Å². The van der Waals surface area contributed by atoms with E-state index >= 15 is 0 Å². The SMILES string of the molecule is CC1CN(C(=O)c2ccc(CNC(=O)c3cnn(-c4ccc(Cl)cc4)c3C(C)C)cc2)CC(C)O1. The highest BCUT2D eigenvalue weighted by Crippen LogP contribution is 2.24. The summed E-state index contributed by atoms with van der Waals surface area (Å²) >= 11 is 6.01. The minimum Gasteiger partial charge on any atom is -0.372 e. The van der Waals surface area contributed by atoms with Crippen molar-refractivity contribution in [2.45, 2.75) is 52.4 Å². The molecule has 2 heterocycles. The number of morpholine rings is 1. The second-order valence-corrected chi connectivity index (χ2v) is 9.77. The molecule has 1 aliphatic rings. The van der Waals surface area contributed by atoms with E-state index in [1.165, 1.54) is 0 Å². The summed E-state index contributed by atoms with van der Waals surface area (Å²) in [4.78, 5) is 27.7. The molecule has 1 N–H and O–H groups in total. The van der Waals surface area contributed by atoms with Gasteiger partial charge < -0.3 is 15.0 Å². The van der Waals surface area contributed by atoms with Gasteiger partial charge in [0.1, 0.15) is 0 Å². The molecule has 0 saturated carbocycles. The lowest BCUT2D eigenvalue weighted by molar-refractivity contribution is -0.0586. The van der Waals surface area contributed by atoms with Crippen molar-refractivity contribution in [3.8, 4) is 5.69 Å². The fourth-order valence-electron chi connectivity index (χ4n) is 4.45. The first-order valence-electron chi connectivity index (χ1n) is 11.9. The average molecular weight is 495 g/mol. The Morgan fingerprint density at radius 3 is 2.29 bits per heavy atom. The summed E-state index contributed by atoms with van der Waals surface area (Å²) in [6.45, 7) is 9.54. The predicted octanol–water partition coefficient (Wildman–Crippen LogP) is 4.83. The highest BCUT2D eigenvalue weighted by Gasteiger charge is 2.26. The molecule has 1 aromatic heterocycles. The van der Waals surface area contributed by atoms with E-state index in [9.17, 15) is 9.59 Å². The maximum Gasteiger partial charge on any atom is 0.255 e. The molecular formula is C27H31ClN4O3. The maximum absolute atomic E-state index is 13.0. The Hall–Kier alpha value is -3.16. The Kier molecular flexibility index (Phi) is 7.57. The molecule has 3 aromatic rings. The van der Waals surface area contributed by atoms with Gasteiger partial charge in [0.25, 0.3) is 11.8 Å². The average Bonchev–Trinajstić information content (AvgIpc) is 3.28. The lowest BCUT2D eigenvalue weighted by Crippen LogP contribution is -2.48. The lowest BCUT2D eigenvalue weighted by Gasteiger charge is -2.35. The van der Waals surface area contributed by atoms with Gasteiger partial charge in [0.2, 0.25) is 0 Å². The molecule has 1 aliphatic heterocycles. The van der Waals surface area contributed by atoms with Crippen LogP contribution in [0.3, 0.4) is 0 Å². The Balaban J connectivity index is 1.42. The first kappa shape index (κ1) is 24.9. The third-order valence-electron chi connectivity index (χ3n) is 6.03. The van der Waals surface area contributed by atoms with Crippen LogP contribution in [0.4, 0.5) is 0 Å². The number of nitrogens with one attached hydrogen (secondary N) is 1.